The number of ether oxygens (including phenoxy) is 2. The second-order valence-corrected chi connectivity index (χ2v) is 5.54. The second kappa shape index (κ2) is 7.92. The first-order chi connectivity index (χ1) is 13.0. The smallest absolute Gasteiger partial charge is 0.345 e. The van der Waals surface area contributed by atoms with Crippen LogP contribution in [0.2, 0.25) is 5.02 Å². The molecule has 1 heterocycles. The van der Waals surface area contributed by atoms with Crippen LogP contribution in [0.3, 0.4) is 0 Å². The monoisotopic (exact) mass is 392 g/mol. The number of halogens is 3. The zero-order valence-electron chi connectivity index (χ0n) is 13.8. The molecular weight excluding hydrogens is 382 g/mol. The molecular formula is C17H11ClF2N4O3. The fourth-order valence-corrected chi connectivity index (χ4v) is 2.30. The van der Waals surface area contributed by atoms with E-state index in [4.69, 9.17) is 21.1 Å². The highest BCUT2D eigenvalue weighted by Gasteiger charge is 2.18. The molecule has 7 nitrogen and oxygen atoms in total. The molecule has 0 aliphatic carbocycles. The van der Waals surface area contributed by atoms with Gasteiger partial charge in [0.1, 0.15) is 12.7 Å². The summed E-state index contributed by atoms with van der Waals surface area (Å²) < 4.78 is 38.3. The molecule has 3 aromatic rings. The SMILES string of the molecule is COc1cc(C=Nn2cnnc2)ccc1OC(=O)c1cc(F)c(F)cc1Cl. The Labute approximate surface area is 156 Å². The van der Waals surface area contributed by atoms with Gasteiger partial charge in [0.05, 0.1) is 23.9 Å². The first kappa shape index (κ1) is 18.5. The molecule has 2 aromatic carbocycles. The van der Waals surface area contributed by atoms with E-state index in [0.29, 0.717) is 17.7 Å². The van der Waals surface area contributed by atoms with Crippen molar-refractivity contribution in [2.75, 3.05) is 7.11 Å². The third kappa shape index (κ3) is 4.26. The third-order valence-electron chi connectivity index (χ3n) is 3.37. The van der Waals surface area contributed by atoms with E-state index in [1.165, 1.54) is 36.7 Å². The van der Waals surface area contributed by atoms with Gasteiger partial charge in [-0.25, -0.2) is 18.3 Å². The minimum atomic E-state index is -1.21. The van der Waals surface area contributed by atoms with E-state index in [1.807, 2.05) is 0 Å². The average Bonchev–Trinajstić information content (AvgIpc) is 3.17. The Hall–Kier alpha value is -3.33. The Morgan fingerprint density at radius 2 is 1.85 bits per heavy atom. The Morgan fingerprint density at radius 1 is 1.15 bits per heavy atom. The van der Waals surface area contributed by atoms with Gasteiger partial charge < -0.3 is 9.47 Å². The molecule has 3 rings (SSSR count). The van der Waals surface area contributed by atoms with Crippen LogP contribution in [0.25, 0.3) is 0 Å². The van der Waals surface area contributed by atoms with Crippen LogP contribution in [0.5, 0.6) is 11.5 Å². The highest BCUT2D eigenvalue weighted by Crippen LogP contribution is 2.29. The van der Waals surface area contributed by atoms with Crippen molar-refractivity contribution < 1.29 is 23.0 Å². The molecule has 1 aromatic heterocycles. The first-order valence-electron chi connectivity index (χ1n) is 7.41. The van der Waals surface area contributed by atoms with Gasteiger partial charge in [0.25, 0.3) is 0 Å². The molecule has 0 radical (unpaired) electrons. The molecule has 27 heavy (non-hydrogen) atoms. The minimum absolute atomic E-state index is 0.0738. The molecule has 0 aliphatic rings. The number of methoxy groups -OCH3 is 1. The number of rotatable bonds is 5. The fourth-order valence-electron chi connectivity index (χ4n) is 2.07. The van der Waals surface area contributed by atoms with Crippen molar-refractivity contribution in [1.29, 1.82) is 0 Å². The summed E-state index contributed by atoms with van der Waals surface area (Å²) in [5, 5.41) is 11.1. The van der Waals surface area contributed by atoms with Crippen molar-refractivity contribution >= 4 is 23.8 Å². The van der Waals surface area contributed by atoms with Gasteiger partial charge in [0.2, 0.25) is 0 Å². The summed E-state index contributed by atoms with van der Waals surface area (Å²) in [5.41, 5.74) is 0.335. The molecule has 0 saturated carbocycles. The van der Waals surface area contributed by atoms with Gasteiger partial charge in [-0.3, -0.25) is 0 Å². The number of nitrogens with zero attached hydrogens (tertiary/aromatic N) is 4. The standard InChI is InChI=1S/C17H11ClF2N4O3/c1-26-16-4-10(7-23-24-8-21-22-9-24)2-3-15(16)27-17(25)11-5-13(19)14(20)6-12(11)18/h2-9H,1H3. The van der Waals surface area contributed by atoms with Crippen molar-refractivity contribution in [3.8, 4) is 11.5 Å². The van der Waals surface area contributed by atoms with Crippen molar-refractivity contribution in [1.82, 2.24) is 14.9 Å². The van der Waals surface area contributed by atoms with Gasteiger partial charge in [-0.2, -0.15) is 5.10 Å². The lowest BCUT2D eigenvalue weighted by Crippen LogP contribution is -2.11. The molecule has 0 N–H and O–H groups in total. The van der Waals surface area contributed by atoms with E-state index in [0.717, 1.165) is 0 Å². The number of benzene rings is 2. The van der Waals surface area contributed by atoms with Crippen LogP contribution in [-0.4, -0.2) is 34.2 Å². The van der Waals surface area contributed by atoms with Crippen molar-refractivity contribution in [2.45, 2.75) is 0 Å². The van der Waals surface area contributed by atoms with Crippen molar-refractivity contribution in [3.63, 3.8) is 0 Å². The van der Waals surface area contributed by atoms with Gasteiger partial charge in [-0.05, 0) is 35.9 Å². The van der Waals surface area contributed by atoms with Gasteiger partial charge in [-0.1, -0.05) is 11.6 Å². The Morgan fingerprint density at radius 3 is 2.56 bits per heavy atom. The topological polar surface area (TPSA) is 78.6 Å². The van der Waals surface area contributed by atoms with Crippen LogP contribution < -0.4 is 9.47 Å². The molecule has 0 saturated heterocycles. The number of hydrogen-bond acceptors (Lipinski definition) is 6. The zero-order chi connectivity index (χ0) is 19.4. The van der Waals surface area contributed by atoms with E-state index in [9.17, 15) is 13.6 Å². The summed E-state index contributed by atoms with van der Waals surface area (Å²) in [6, 6.07) is 6.04. The molecule has 0 amide bonds. The van der Waals surface area contributed by atoms with Crippen molar-refractivity contribution in [3.05, 3.63) is 70.8 Å². The maximum absolute atomic E-state index is 13.4. The van der Waals surface area contributed by atoms with Crippen LogP contribution in [0, 0.1) is 11.6 Å². The van der Waals surface area contributed by atoms with Gasteiger partial charge in [-0.15, -0.1) is 10.2 Å². The highest BCUT2D eigenvalue weighted by atomic mass is 35.5. The maximum atomic E-state index is 13.4. The zero-order valence-corrected chi connectivity index (χ0v) is 14.5. The van der Waals surface area contributed by atoms with Crippen LogP contribution in [0.1, 0.15) is 15.9 Å². The molecule has 0 unspecified atom stereocenters. The number of esters is 1. The normalized spacial score (nSPS) is 11.0. The summed E-state index contributed by atoms with van der Waals surface area (Å²) in [4.78, 5) is 12.2. The van der Waals surface area contributed by atoms with E-state index >= 15 is 0 Å². The molecule has 0 fully saturated rings. The average molecular weight is 393 g/mol. The van der Waals surface area contributed by atoms with Crippen LogP contribution in [0.4, 0.5) is 8.78 Å². The van der Waals surface area contributed by atoms with E-state index < -0.39 is 17.6 Å². The fraction of sp³-hybridized carbons (Fsp3) is 0.0588. The molecule has 0 bridgehead atoms. The molecule has 0 spiro atoms. The lowest BCUT2D eigenvalue weighted by molar-refractivity contribution is 0.0729. The van der Waals surface area contributed by atoms with Crippen LogP contribution >= 0.6 is 11.6 Å². The number of aromatic nitrogens is 3. The highest BCUT2D eigenvalue weighted by molar-refractivity contribution is 6.33. The molecule has 0 atom stereocenters. The second-order valence-electron chi connectivity index (χ2n) is 5.13. The van der Waals surface area contributed by atoms with Gasteiger partial charge in [0.15, 0.2) is 23.1 Å². The van der Waals surface area contributed by atoms with E-state index in [1.54, 1.807) is 12.1 Å². The lowest BCUT2D eigenvalue weighted by atomic mass is 10.2. The number of carbonyl (C=O) groups is 1. The van der Waals surface area contributed by atoms with Gasteiger partial charge >= 0.3 is 5.97 Å². The summed E-state index contributed by atoms with van der Waals surface area (Å²) in [5.74, 6) is -3.02. The lowest BCUT2D eigenvalue weighted by Gasteiger charge is -2.11. The molecule has 0 aliphatic heterocycles. The Balaban J connectivity index is 1.82. The first-order valence-corrected chi connectivity index (χ1v) is 7.79. The predicted octanol–water partition coefficient (Wildman–Crippen LogP) is 3.32. The molecule has 10 heteroatoms. The Kier molecular flexibility index (Phi) is 5.41. The van der Waals surface area contributed by atoms with Crippen molar-refractivity contribution in [2.24, 2.45) is 5.10 Å². The number of hydrogen-bond donors (Lipinski definition) is 0. The van der Waals surface area contributed by atoms with E-state index in [-0.39, 0.29) is 22.1 Å². The molecule has 138 valence electrons. The summed E-state index contributed by atoms with van der Waals surface area (Å²) >= 11 is 5.78. The summed E-state index contributed by atoms with van der Waals surface area (Å²) in [7, 11) is 1.39. The van der Waals surface area contributed by atoms with Crippen LogP contribution in [0.15, 0.2) is 48.1 Å². The number of carbonyl (C=O) groups excluding carboxylic acids is 1. The third-order valence-corrected chi connectivity index (χ3v) is 3.68. The Bertz CT molecular complexity index is 1010. The van der Waals surface area contributed by atoms with Gasteiger partial charge in [0, 0.05) is 0 Å². The summed E-state index contributed by atoms with van der Waals surface area (Å²) in [6.07, 6.45) is 4.34. The van der Waals surface area contributed by atoms with E-state index in [2.05, 4.69) is 15.3 Å². The quantitative estimate of drug-likeness (QED) is 0.288. The van der Waals surface area contributed by atoms with Crippen LogP contribution in [-0.2, 0) is 0 Å². The minimum Gasteiger partial charge on any atom is -0.493 e. The summed E-state index contributed by atoms with van der Waals surface area (Å²) in [6.45, 7) is 0. The maximum Gasteiger partial charge on any atom is 0.345 e. The largest absolute Gasteiger partial charge is 0.493 e. The predicted molar refractivity (Wildman–Crippen MR) is 92.3 cm³/mol.